The van der Waals surface area contributed by atoms with E-state index in [0.29, 0.717) is 16.3 Å². The number of hydrogen-bond donors (Lipinski definition) is 2. The molecule has 0 bridgehead atoms. The first-order valence-electron chi connectivity index (χ1n) is 8.14. The van der Waals surface area contributed by atoms with E-state index in [0.717, 1.165) is 4.90 Å². The largest absolute Gasteiger partial charge is 0.325 e. The van der Waals surface area contributed by atoms with Gasteiger partial charge in [-0.1, -0.05) is 35.3 Å². The van der Waals surface area contributed by atoms with Crippen LogP contribution < -0.4 is 10.6 Å². The molecule has 2 aromatic rings. The van der Waals surface area contributed by atoms with E-state index in [9.17, 15) is 14.4 Å². The van der Waals surface area contributed by atoms with Crippen LogP contribution in [0.15, 0.2) is 42.5 Å². The first kappa shape index (κ1) is 19.7. The average Bonchev–Trinajstić information content (AvgIpc) is 2.86. The lowest BCUT2D eigenvalue weighted by Crippen LogP contribution is -2.42. The van der Waals surface area contributed by atoms with E-state index >= 15 is 0 Å². The number of amides is 4. The van der Waals surface area contributed by atoms with Gasteiger partial charge < -0.3 is 10.6 Å². The Morgan fingerprint density at radius 1 is 1.21 bits per heavy atom. The third-order valence-electron chi connectivity index (χ3n) is 4.37. The summed E-state index contributed by atoms with van der Waals surface area (Å²) in [4.78, 5) is 38.3. The van der Waals surface area contributed by atoms with Crippen LogP contribution in [-0.2, 0) is 15.1 Å². The smallest absolute Gasteiger partial charge is 0.324 e. The second kappa shape index (κ2) is 7.50. The van der Waals surface area contributed by atoms with Crippen LogP contribution in [0.2, 0.25) is 10.0 Å². The Hall–Kier alpha value is -3.08. The number of nitriles is 1. The van der Waals surface area contributed by atoms with Gasteiger partial charge in [0.15, 0.2) is 0 Å². The summed E-state index contributed by atoms with van der Waals surface area (Å²) < 4.78 is 0. The highest BCUT2D eigenvalue weighted by atomic mass is 35.5. The summed E-state index contributed by atoms with van der Waals surface area (Å²) in [5.74, 6) is -1.13. The highest BCUT2D eigenvalue weighted by molar-refractivity contribution is 6.32. The molecule has 28 heavy (non-hydrogen) atoms. The zero-order chi connectivity index (χ0) is 20.5. The number of nitrogens with one attached hydrogen (secondary N) is 2. The minimum absolute atomic E-state index is 0.186. The highest BCUT2D eigenvalue weighted by Gasteiger charge is 2.49. The maximum atomic E-state index is 12.8. The Kier molecular flexibility index (Phi) is 5.27. The summed E-state index contributed by atoms with van der Waals surface area (Å²) in [5.41, 5.74) is -0.120. The summed E-state index contributed by atoms with van der Waals surface area (Å²) in [6, 6.07) is 12.1. The molecule has 7 nitrogen and oxygen atoms in total. The summed E-state index contributed by atoms with van der Waals surface area (Å²) >= 11 is 11.8. The number of benzene rings is 2. The Morgan fingerprint density at radius 3 is 2.50 bits per heavy atom. The molecule has 2 N–H and O–H groups in total. The lowest BCUT2D eigenvalue weighted by Gasteiger charge is -2.22. The molecule has 2 aromatic carbocycles. The lowest BCUT2D eigenvalue weighted by molar-refractivity contribution is -0.133. The van der Waals surface area contributed by atoms with Crippen molar-refractivity contribution in [1.82, 2.24) is 10.2 Å². The van der Waals surface area contributed by atoms with Gasteiger partial charge in [0, 0.05) is 10.7 Å². The van der Waals surface area contributed by atoms with E-state index in [1.54, 1.807) is 31.2 Å². The summed E-state index contributed by atoms with van der Waals surface area (Å²) in [5, 5.41) is 14.7. The van der Waals surface area contributed by atoms with Crippen molar-refractivity contribution in [3.05, 3.63) is 63.6 Å². The van der Waals surface area contributed by atoms with Crippen molar-refractivity contribution < 1.29 is 14.4 Å². The van der Waals surface area contributed by atoms with Crippen molar-refractivity contribution in [2.75, 3.05) is 11.9 Å². The third-order valence-corrected chi connectivity index (χ3v) is 4.94. The molecule has 9 heteroatoms. The predicted octanol–water partition coefficient (Wildman–Crippen LogP) is 3.27. The molecule has 0 aliphatic carbocycles. The van der Waals surface area contributed by atoms with Gasteiger partial charge in [0.05, 0.1) is 10.6 Å². The number of imide groups is 1. The second-order valence-electron chi connectivity index (χ2n) is 6.31. The molecule has 0 aromatic heterocycles. The molecule has 1 saturated heterocycles. The predicted molar refractivity (Wildman–Crippen MR) is 104 cm³/mol. The zero-order valence-electron chi connectivity index (χ0n) is 14.6. The van der Waals surface area contributed by atoms with Gasteiger partial charge in [-0.05, 0) is 42.8 Å². The van der Waals surface area contributed by atoms with E-state index in [-0.39, 0.29) is 10.6 Å². The van der Waals surface area contributed by atoms with Gasteiger partial charge in [0.25, 0.3) is 5.91 Å². The third kappa shape index (κ3) is 3.65. The fourth-order valence-electron chi connectivity index (χ4n) is 2.85. The Labute approximate surface area is 170 Å². The summed E-state index contributed by atoms with van der Waals surface area (Å²) in [6.45, 7) is 1.10. The SMILES string of the molecule is C[C@@]1(c2ccc(Cl)cc2)NC(=O)N(CC(=O)Nc2ccc(C#N)c(Cl)c2)C1=O. The van der Waals surface area contributed by atoms with Crippen molar-refractivity contribution >= 4 is 46.7 Å². The molecule has 0 unspecified atom stereocenters. The quantitative estimate of drug-likeness (QED) is 0.746. The lowest BCUT2D eigenvalue weighted by atomic mass is 9.92. The normalized spacial score (nSPS) is 18.6. The molecule has 0 spiro atoms. The van der Waals surface area contributed by atoms with Crippen molar-refractivity contribution in [2.24, 2.45) is 0 Å². The summed E-state index contributed by atoms with van der Waals surface area (Å²) in [6.07, 6.45) is 0. The number of nitrogens with zero attached hydrogens (tertiary/aromatic N) is 2. The molecule has 142 valence electrons. The summed E-state index contributed by atoms with van der Waals surface area (Å²) in [7, 11) is 0. The average molecular weight is 417 g/mol. The first-order chi connectivity index (χ1) is 13.2. The minimum Gasteiger partial charge on any atom is -0.324 e. The van der Waals surface area contributed by atoms with Gasteiger partial charge in [0.2, 0.25) is 5.91 Å². The molecule has 1 heterocycles. The van der Waals surface area contributed by atoms with Crippen LogP contribution >= 0.6 is 23.2 Å². The highest BCUT2D eigenvalue weighted by Crippen LogP contribution is 2.29. The molecule has 4 amide bonds. The van der Waals surface area contributed by atoms with E-state index in [2.05, 4.69) is 10.6 Å². The second-order valence-corrected chi connectivity index (χ2v) is 7.15. The molecular weight excluding hydrogens is 403 g/mol. The van der Waals surface area contributed by atoms with Crippen LogP contribution in [0.4, 0.5) is 10.5 Å². The van der Waals surface area contributed by atoms with E-state index < -0.39 is 29.9 Å². The Morgan fingerprint density at radius 2 is 1.89 bits per heavy atom. The van der Waals surface area contributed by atoms with Gasteiger partial charge in [-0.15, -0.1) is 0 Å². The van der Waals surface area contributed by atoms with Crippen molar-refractivity contribution in [3.63, 3.8) is 0 Å². The molecule has 0 saturated carbocycles. The van der Waals surface area contributed by atoms with Gasteiger partial charge in [-0.2, -0.15) is 5.26 Å². The number of carbonyl (C=O) groups excluding carboxylic acids is 3. The van der Waals surface area contributed by atoms with Gasteiger partial charge in [0.1, 0.15) is 18.2 Å². The molecule has 1 aliphatic heterocycles. The van der Waals surface area contributed by atoms with Crippen LogP contribution in [0, 0.1) is 11.3 Å². The molecule has 1 aliphatic rings. The van der Waals surface area contributed by atoms with Gasteiger partial charge in [-0.25, -0.2) is 4.79 Å². The van der Waals surface area contributed by atoms with Crippen LogP contribution in [0.25, 0.3) is 0 Å². The van der Waals surface area contributed by atoms with E-state index in [4.69, 9.17) is 28.5 Å². The molecule has 1 atom stereocenters. The van der Waals surface area contributed by atoms with Crippen molar-refractivity contribution in [3.8, 4) is 6.07 Å². The number of carbonyl (C=O) groups is 3. The van der Waals surface area contributed by atoms with E-state index in [1.165, 1.54) is 18.2 Å². The Balaban J connectivity index is 1.73. The number of urea groups is 1. The number of hydrogen-bond acceptors (Lipinski definition) is 4. The fraction of sp³-hybridized carbons (Fsp3) is 0.158. The van der Waals surface area contributed by atoms with Crippen molar-refractivity contribution in [2.45, 2.75) is 12.5 Å². The number of anilines is 1. The first-order valence-corrected chi connectivity index (χ1v) is 8.90. The van der Waals surface area contributed by atoms with Crippen LogP contribution in [-0.4, -0.2) is 29.3 Å². The van der Waals surface area contributed by atoms with E-state index in [1.807, 2.05) is 6.07 Å². The fourth-order valence-corrected chi connectivity index (χ4v) is 3.20. The standard InChI is InChI=1S/C19H14Cl2N4O3/c1-19(12-3-5-13(20)6-4-12)17(27)25(18(28)24-19)10-16(26)23-14-7-2-11(9-22)15(21)8-14/h2-8H,10H2,1H3,(H,23,26)(H,24,28)/t19-/m0/s1. The maximum absolute atomic E-state index is 12.8. The van der Waals surface area contributed by atoms with Crippen molar-refractivity contribution in [1.29, 1.82) is 5.26 Å². The molecule has 3 rings (SSSR count). The molecule has 0 radical (unpaired) electrons. The molecule has 1 fully saturated rings. The minimum atomic E-state index is -1.29. The Bertz CT molecular complexity index is 1020. The zero-order valence-corrected chi connectivity index (χ0v) is 16.1. The van der Waals surface area contributed by atoms with Gasteiger partial charge in [-0.3, -0.25) is 14.5 Å². The molecular formula is C19H14Cl2N4O3. The maximum Gasteiger partial charge on any atom is 0.325 e. The monoisotopic (exact) mass is 416 g/mol. The van der Waals surface area contributed by atoms with Crippen LogP contribution in [0.3, 0.4) is 0 Å². The topological polar surface area (TPSA) is 102 Å². The van der Waals surface area contributed by atoms with Crippen LogP contribution in [0.5, 0.6) is 0 Å². The number of rotatable bonds is 4. The number of halogens is 2. The van der Waals surface area contributed by atoms with Crippen LogP contribution in [0.1, 0.15) is 18.1 Å². The van der Waals surface area contributed by atoms with Gasteiger partial charge >= 0.3 is 6.03 Å².